The van der Waals surface area contributed by atoms with Crippen LogP contribution in [-0.2, 0) is 9.53 Å². The minimum atomic E-state index is -0.251. The third-order valence-electron chi connectivity index (χ3n) is 2.05. The van der Waals surface area contributed by atoms with Crippen LogP contribution in [-0.4, -0.2) is 41.9 Å². The number of ether oxygens (including phenoxy) is 1. The lowest BCUT2D eigenvalue weighted by atomic mass is 10.2. The van der Waals surface area contributed by atoms with Gasteiger partial charge in [0, 0.05) is 11.9 Å². The third-order valence-corrected chi connectivity index (χ3v) is 3.02. The summed E-state index contributed by atoms with van der Waals surface area (Å²) in [6.45, 7) is 0. The number of esters is 1. The quantitative estimate of drug-likeness (QED) is 0.450. The van der Waals surface area contributed by atoms with Crippen LogP contribution in [0.4, 0.5) is 0 Å². The Balaban J connectivity index is 2.31. The predicted octanol–water partition coefficient (Wildman–Crippen LogP) is 0.720. The first-order valence-electron chi connectivity index (χ1n) is 4.92. The van der Waals surface area contributed by atoms with E-state index in [2.05, 4.69) is 20.0 Å². The standard InChI is InChI=1S/C10H15N3O2S/c1-11-8(10(14)15-2)4-6-16-9-3-5-12-7-13-9/h3,5,7-8,11H,4,6H2,1-2H3. The molecule has 1 heterocycles. The zero-order valence-electron chi connectivity index (χ0n) is 9.34. The molecule has 0 aliphatic rings. The van der Waals surface area contributed by atoms with Crippen molar-refractivity contribution in [3.63, 3.8) is 0 Å². The fraction of sp³-hybridized carbons (Fsp3) is 0.500. The van der Waals surface area contributed by atoms with Crippen LogP contribution in [0.25, 0.3) is 0 Å². The number of hydrogen-bond donors (Lipinski definition) is 1. The first kappa shape index (κ1) is 12.9. The van der Waals surface area contributed by atoms with E-state index < -0.39 is 0 Å². The van der Waals surface area contributed by atoms with Crippen molar-refractivity contribution in [2.45, 2.75) is 17.5 Å². The zero-order valence-corrected chi connectivity index (χ0v) is 10.2. The van der Waals surface area contributed by atoms with E-state index in [0.29, 0.717) is 6.42 Å². The first-order valence-corrected chi connectivity index (χ1v) is 5.90. The summed E-state index contributed by atoms with van der Waals surface area (Å²) in [6.07, 6.45) is 3.92. The average molecular weight is 241 g/mol. The summed E-state index contributed by atoms with van der Waals surface area (Å²) in [4.78, 5) is 19.2. The van der Waals surface area contributed by atoms with Crippen LogP contribution in [0.3, 0.4) is 0 Å². The minimum absolute atomic E-state index is 0.231. The van der Waals surface area contributed by atoms with Crippen LogP contribution in [0.2, 0.25) is 0 Å². The highest BCUT2D eigenvalue weighted by Crippen LogP contribution is 2.15. The van der Waals surface area contributed by atoms with Gasteiger partial charge in [-0.1, -0.05) is 0 Å². The first-order chi connectivity index (χ1) is 7.77. The molecule has 0 spiro atoms. The van der Waals surface area contributed by atoms with Gasteiger partial charge in [-0.15, -0.1) is 11.8 Å². The second-order valence-corrected chi connectivity index (χ2v) is 4.16. The van der Waals surface area contributed by atoms with E-state index in [1.165, 1.54) is 13.4 Å². The molecule has 1 atom stereocenters. The number of likely N-dealkylation sites (N-methyl/N-ethyl adjacent to an activating group) is 1. The largest absolute Gasteiger partial charge is 0.468 e. The fourth-order valence-corrected chi connectivity index (χ4v) is 2.01. The molecule has 0 aliphatic heterocycles. The Morgan fingerprint density at radius 2 is 2.50 bits per heavy atom. The van der Waals surface area contributed by atoms with Crippen LogP contribution in [0, 0.1) is 0 Å². The number of rotatable bonds is 6. The molecule has 1 unspecified atom stereocenters. The molecule has 0 saturated heterocycles. The topological polar surface area (TPSA) is 64.1 Å². The molecule has 0 radical (unpaired) electrons. The van der Waals surface area contributed by atoms with E-state index in [0.717, 1.165) is 10.8 Å². The second kappa shape index (κ2) is 7.19. The van der Waals surface area contributed by atoms with Gasteiger partial charge in [-0.05, 0) is 19.5 Å². The molecular formula is C10H15N3O2S. The van der Waals surface area contributed by atoms with Gasteiger partial charge in [0.15, 0.2) is 0 Å². The lowest BCUT2D eigenvalue weighted by Crippen LogP contribution is -2.35. The normalized spacial score (nSPS) is 12.1. The van der Waals surface area contributed by atoms with Crippen LogP contribution in [0.1, 0.15) is 6.42 Å². The Kier molecular flexibility index (Phi) is 5.81. The summed E-state index contributed by atoms with van der Waals surface area (Å²) in [5, 5.41) is 3.83. The van der Waals surface area contributed by atoms with Crippen molar-refractivity contribution in [3.8, 4) is 0 Å². The Morgan fingerprint density at radius 3 is 3.06 bits per heavy atom. The summed E-state index contributed by atoms with van der Waals surface area (Å²) < 4.78 is 4.67. The van der Waals surface area contributed by atoms with Crippen molar-refractivity contribution in [2.75, 3.05) is 19.9 Å². The number of hydrogen-bond acceptors (Lipinski definition) is 6. The highest BCUT2D eigenvalue weighted by Gasteiger charge is 2.16. The van der Waals surface area contributed by atoms with Crippen LogP contribution < -0.4 is 5.32 Å². The van der Waals surface area contributed by atoms with Gasteiger partial charge in [-0.2, -0.15) is 0 Å². The minimum Gasteiger partial charge on any atom is -0.468 e. The van der Waals surface area contributed by atoms with Crippen LogP contribution in [0.15, 0.2) is 23.6 Å². The van der Waals surface area contributed by atoms with E-state index in [4.69, 9.17) is 0 Å². The van der Waals surface area contributed by atoms with Gasteiger partial charge in [0.1, 0.15) is 12.4 Å². The van der Waals surface area contributed by atoms with Gasteiger partial charge < -0.3 is 10.1 Å². The number of carbonyl (C=O) groups is 1. The molecule has 6 heteroatoms. The summed E-state index contributed by atoms with van der Waals surface area (Å²) in [5.74, 6) is 0.572. The summed E-state index contributed by atoms with van der Waals surface area (Å²) in [5.41, 5.74) is 0. The van der Waals surface area contributed by atoms with Gasteiger partial charge in [-0.25, -0.2) is 9.97 Å². The molecule has 88 valence electrons. The van der Waals surface area contributed by atoms with Crippen molar-refractivity contribution in [3.05, 3.63) is 18.6 Å². The van der Waals surface area contributed by atoms with E-state index in [-0.39, 0.29) is 12.0 Å². The average Bonchev–Trinajstić information content (AvgIpc) is 2.35. The monoisotopic (exact) mass is 241 g/mol. The molecule has 1 aromatic heterocycles. The van der Waals surface area contributed by atoms with Crippen molar-refractivity contribution in [1.29, 1.82) is 0 Å². The maximum atomic E-state index is 11.3. The van der Waals surface area contributed by atoms with Crippen molar-refractivity contribution < 1.29 is 9.53 Å². The summed E-state index contributed by atoms with van der Waals surface area (Å²) >= 11 is 1.59. The van der Waals surface area contributed by atoms with Gasteiger partial charge in [0.2, 0.25) is 0 Å². The molecule has 16 heavy (non-hydrogen) atoms. The molecule has 5 nitrogen and oxygen atoms in total. The molecule has 0 aliphatic carbocycles. The smallest absolute Gasteiger partial charge is 0.322 e. The van der Waals surface area contributed by atoms with Crippen molar-refractivity contribution >= 4 is 17.7 Å². The number of aromatic nitrogens is 2. The number of methoxy groups -OCH3 is 1. The Labute approximate surface area is 99.0 Å². The van der Waals surface area contributed by atoms with E-state index in [1.807, 2.05) is 6.07 Å². The summed E-state index contributed by atoms with van der Waals surface area (Å²) in [6, 6.07) is 1.59. The highest BCUT2D eigenvalue weighted by atomic mass is 32.2. The lowest BCUT2D eigenvalue weighted by Gasteiger charge is -2.12. The maximum Gasteiger partial charge on any atom is 0.322 e. The molecule has 0 amide bonds. The predicted molar refractivity (Wildman–Crippen MR) is 62.2 cm³/mol. The number of nitrogens with zero attached hydrogens (tertiary/aromatic N) is 2. The maximum absolute atomic E-state index is 11.3. The van der Waals surface area contributed by atoms with Crippen molar-refractivity contribution in [2.24, 2.45) is 0 Å². The Hall–Kier alpha value is -1.14. The molecule has 0 aromatic carbocycles. The molecule has 1 N–H and O–H groups in total. The molecule has 0 bridgehead atoms. The number of nitrogens with one attached hydrogen (secondary N) is 1. The number of thioether (sulfide) groups is 1. The molecule has 1 rings (SSSR count). The SMILES string of the molecule is CNC(CCSc1ccncn1)C(=O)OC. The van der Waals surface area contributed by atoms with E-state index in [9.17, 15) is 4.79 Å². The molecule has 0 saturated carbocycles. The second-order valence-electron chi connectivity index (χ2n) is 3.05. The third kappa shape index (κ3) is 4.16. The van der Waals surface area contributed by atoms with E-state index in [1.54, 1.807) is 25.0 Å². The Bertz CT molecular complexity index is 321. The van der Waals surface area contributed by atoms with Gasteiger partial charge in [0.25, 0.3) is 0 Å². The van der Waals surface area contributed by atoms with Gasteiger partial charge >= 0.3 is 5.97 Å². The van der Waals surface area contributed by atoms with Gasteiger partial charge in [0.05, 0.1) is 12.1 Å². The summed E-state index contributed by atoms with van der Waals surface area (Å²) in [7, 11) is 3.14. The highest BCUT2D eigenvalue weighted by molar-refractivity contribution is 7.99. The molecular weight excluding hydrogens is 226 g/mol. The molecule has 0 fully saturated rings. The zero-order chi connectivity index (χ0) is 11.8. The number of carbonyl (C=O) groups excluding carboxylic acids is 1. The van der Waals surface area contributed by atoms with Gasteiger partial charge in [-0.3, -0.25) is 4.79 Å². The fourth-order valence-electron chi connectivity index (χ4n) is 1.17. The lowest BCUT2D eigenvalue weighted by molar-refractivity contribution is -0.143. The van der Waals surface area contributed by atoms with E-state index >= 15 is 0 Å². The Morgan fingerprint density at radius 1 is 1.69 bits per heavy atom. The molecule has 1 aromatic rings. The van der Waals surface area contributed by atoms with Crippen LogP contribution in [0.5, 0.6) is 0 Å². The van der Waals surface area contributed by atoms with Crippen molar-refractivity contribution in [1.82, 2.24) is 15.3 Å². The van der Waals surface area contributed by atoms with Crippen LogP contribution >= 0.6 is 11.8 Å².